The Bertz CT molecular complexity index is 1010. The number of carbonyl (C=O) groups excluding carboxylic acids is 2. The molecule has 0 saturated heterocycles. The molecule has 0 aromatic carbocycles. The minimum Gasteiger partial charge on any atom is -0.460 e. The van der Waals surface area contributed by atoms with E-state index in [1.165, 1.54) is 24.9 Å². The van der Waals surface area contributed by atoms with Gasteiger partial charge in [0.2, 0.25) is 6.33 Å². The molecule has 2 rings (SSSR count). The number of dihydropyridines is 1. The van der Waals surface area contributed by atoms with E-state index in [0.29, 0.717) is 5.70 Å². The number of aryl methyl sites for hydroxylation is 1. The summed E-state index contributed by atoms with van der Waals surface area (Å²) in [7, 11) is 1.49. The second kappa shape index (κ2) is 9.89. The average Bonchev–Trinajstić information content (AvgIpc) is 3.05. The Balaban J connectivity index is 2.58. The molecule has 174 valence electrons. The van der Waals surface area contributed by atoms with Crippen LogP contribution in [0.5, 0.6) is 0 Å². The molecule has 1 atom stereocenters. The summed E-state index contributed by atoms with van der Waals surface area (Å²) in [5.74, 6) is -3.50. The minimum atomic E-state index is -1.24. The van der Waals surface area contributed by atoms with Gasteiger partial charge in [0.1, 0.15) is 18.9 Å². The summed E-state index contributed by atoms with van der Waals surface area (Å²) in [6, 6.07) is 0. The Hall–Kier alpha value is -3.97. The normalized spacial score (nSPS) is 16.0. The van der Waals surface area contributed by atoms with E-state index in [4.69, 9.17) is 9.47 Å². The number of esters is 2. The van der Waals surface area contributed by atoms with E-state index in [0.717, 1.165) is 0 Å². The van der Waals surface area contributed by atoms with E-state index in [2.05, 4.69) is 15.1 Å². The van der Waals surface area contributed by atoms with Gasteiger partial charge in [-0.05, 0) is 37.6 Å². The largest absolute Gasteiger partial charge is 0.460 e. The molecule has 0 bridgehead atoms. The van der Waals surface area contributed by atoms with E-state index in [1.54, 1.807) is 20.8 Å². The molecule has 1 aromatic heterocycles. The van der Waals surface area contributed by atoms with Crippen molar-refractivity contribution < 1.29 is 33.9 Å². The molecule has 14 nitrogen and oxygen atoms in total. The third kappa shape index (κ3) is 5.19. The topological polar surface area (TPSA) is 178 Å². The van der Waals surface area contributed by atoms with Crippen molar-refractivity contribution in [3.05, 3.63) is 54.8 Å². The zero-order valence-electron chi connectivity index (χ0n) is 18.1. The van der Waals surface area contributed by atoms with Crippen molar-refractivity contribution in [3.63, 3.8) is 0 Å². The van der Waals surface area contributed by atoms with Crippen molar-refractivity contribution in [2.24, 2.45) is 7.05 Å². The average molecular weight is 453 g/mol. The number of allylic oxidation sites excluding steroid dienone is 2. The van der Waals surface area contributed by atoms with Crippen LogP contribution in [0.3, 0.4) is 0 Å². The summed E-state index contributed by atoms with van der Waals surface area (Å²) in [6.45, 7) is 5.42. The summed E-state index contributed by atoms with van der Waals surface area (Å²) < 4.78 is 11.7. The fraction of sp³-hybridized carbons (Fsp3) is 0.500. The van der Waals surface area contributed by atoms with Gasteiger partial charge in [-0.1, -0.05) is 0 Å². The van der Waals surface area contributed by atoms with Crippen molar-refractivity contribution in [1.29, 1.82) is 0 Å². The van der Waals surface area contributed by atoms with Crippen LogP contribution in [0.15, 0.2) is 28.9 Å². The first-order valence-corrected chi connectivity index (χ1v) is 9.45. The maximum absolute atomic E-state index is 12.9. The summed E-state index contributed by atoms with van der Waals surface area (Å²) in [5.41, 5.74) is 0.467. The van der Waals surface area contributed by atoms with Crippen LogP contribution >= 0.6 is 0 Å². The third-order valence-electron chi connectivity index (χ3n) is 4.46. The molecule has 1 unspecified atom stereocenters. The summed E-state index contributed by atoms with van der Waals surface area (Å²) in [5, 5.41) is 23.8. The van der Waals surface area contributed by atoms with Crippen LogP contribution in [0.4, 0.5) is 5.82 Å². The molecule has 1 aromatic rings. The quantitative estimate of drug-likeness (QED) is 0.246. The van der Waals surface area contributed by atoms with Gasteiger partial charge in [0.15, 0.2) is 0 Å². The van der Waals surface area contributed by atoms with Crippen LogP contribution in [0.1, 0.15) is 39.3 Å². The SMILES string of the molecule is CC1=C(C(=O)OCCO[N+](=O)[O-])C(c2c([N+](=O)[O-])ncn2C)C(C(=O)OC(C)C)=C(C)N1. The Morgan fingerprint density at radius 2 is 1.75 bits per heavy atom. The van der Waals surface area contributed by atoms with Gasteiger partial charge < -0.3 is 34.3 Å². The molecule has 0 radical (unpaired) electrons. The van der Waals surface area contributed by atoms with E-state index >= 15 is 0 Å². The van der Waals surface area contributed by atoms with Gasteiger partial charge in [0.05, 0.1) is 23.2 Å². The van der Waals surface area contributed by atoms with Gasteiger partial charge in [-0.2, -0.15) is 0 Å². The highest BCUT2D eigenvalue weighted by molar-refractivity contribution is 6.00. The van der Waals surface area contributed by atoms with Crippen molar-refractivity contribution in [2.75, 3.05) is 13.2 Å². The highest BCUT2D eigenvalue weighted by Crippen LogP contribution is 2.42. The number of hydrogen-bond acceptors (Lipinski definition) is 11. The minimum absolute atomic E-state index is 0.0236. The van der Waals surface area contributed by atoms with Gasteiger partial charge in [-0.15, -0.1) is 10.1 Å². The van der Waals surface area contributed by atoms with Gasteiger partial charge >= 0.3 is 17.8 Å². The van der Waals surface area contributed by atoms with Crippen LogP contribution in [0.25, 0.3) is 0 Å². The summed E-state index contributed by atoms with van der Waals surface area (Å²) in [6.07, 6.45) is 0.700. The molecule has 2 heterocycles. The number of rotatable bonds is 9. The lowest BCUT2D eigenvalue weighted by atomic mass is 9.82. The van der Waals surface area contributed by atoms with Crippen LogP contribution in [-0.2, 0) is 30.9 Å². The summed E-state index contributed by atoms with van der Waals surface area (Å²) in [4.78, 5) is 54.9. The standard InChI is InChI=1S/C18H23N5O9/c1-9(2)32-18(25)13-11(4)20-10(3)12(17(24)30-6-7-31-23(28)29)14(13)15-16(22(26)27)19-8-21(15)5/h8-9,14,20H,6-7H2,1-5H3. The molecule has 1 aliphatic rings. The van der Waals surface area contributed by atoms with E-state index < -0.39 is 53.0 Å². The second-order valence-corrected chi connectivity index (χ2v) is 7.10. The Labute approximate surface area is 182 Å². The maximum Gasteiger partial charge on any atom is 0.385 e. The number of ether oxygens (including phenoxy) is 2. The van der Waals surface area contributed by atoms with Crippen LogP contribution in [-0.4, -0.2) is 50.8 Å². The van der Waals surface area contributed by atoms with Crippen molar-refractivity contribution >= 4 is 17.8 Å². The molecular formula is C18H23N5O9. The number of aromatic nitrogens is 2. The van der Waals surface area contributed by atoms with Gasteiger partial charge in [-0.25, -0.2) is 9.59 Å². The fourth-order valence-corrected chi connectivity index (χ4v) is 3.31. The fourth-order valence-electron chi connectivity index (χ4n) is 3.31. The highest BCUT2D eigenvalue weighted by Gasteiger charge is 2.43. The number of nitrogens with one attached hydrogen (secondary N) is 1. The number of nitro groups is 1. The molecule has 0 fully saturated rings. The van der Waals surface area contributed by atoms with Gasteiger partial charge in [0.25, 0.3) is 5.09 Å². The zero-order chi connectivity index (χ0) is 24.2. The molecule has 1 N–H and O–H groups in total. The molecule has 32 heavy (non-hydrogen) atoms. The van der Waals surface area contributed by atoms with Crippen molar-refractivity contribution in [1.82, 2.24) is 14.9 Å². The first-order chi connectivity index (χ1) is 15.0. The van der Waals surface area contributed by atoms with Crippen LogP contribution in [0.2, 0.25) is 0 Å². The molecular weight excluding hydrogens is 430 g/mol. The lowest BCUT2D eigenvalue weighted by Crippen LogP contribution is -2.34. The lowest BCUT2D eigenvalue weighted by molar-refractivity contribution is -0.757. The number of nitrogens with zero attached hydrogens (tertiary/aromatic N) is 4. The predicted molar refractivity (Wildman–Crippen MR) is 106 cm³/mol. The number of carbonyl (C=O) groups is 2. The number of imidazole rings is 1. The summed E-state index contributed by atoms with van der Waals surface area (Å²) >= 11 is 0. The molecule has 0 spiro atoms. The van der Waals surface area contributed by atoms with Crippen LogP contribution in [0, 0.1) is 20.2 Å². The van der Waals surface area contributed by atoms with Gasteiger partial charge in [0, 0.05) is 18.4 Å². The van der Waals surface area contributed by atoms with Crippen molar-refractivity contribution in [3.8, 4) is 0 Å². The molecule has 1 aliphatic heterocycles. The zero-order valence-corrected chi connectivity index (χ0v) is 18.1. The van der Waals surface area contributed by atoms with Crippen LogP contribution < -0.4 is 5.32 Å². The van der Waals surface area contributed by atoms with E-state index in [9.17, 15) is 29.8 Å². The van der Waals surface area contributed by atoms with Gasteiger partial charge in [-0.3, -0.25) is 0 Å². The predicted octanol–water partition coefficient (Wildman–Crippen LogP) is 1.27. The third-order valence-corrected chi connectivity index (χ3v) is 4.46. The lowest BCUT2D eigenvalue weighted by Gasteiger charge is -2.30. The number of hydrogen-bond donors (Lipinski definition) is 1. The molecule has 14 heteroatoms. The first kappa shape index (κ1) is 24.3. The molecule has 0 amide bonds. The second-order valence-electron chi connectivity index (χ2n) is 7.10. The Morgan fingerprint density at radius 1 is 1.16 bits per heavy atom. The first-order valence-electron chi connectivity index (χ1n) is 9.45. The highest BCUT2D eigenvalue weighted by atomic mass is 17.0. The monoisotopic (exact) mass is 453 g/mol. The Kier molecular flexibility index (Phi) is 7.51. The van der Waals surface area contributed by atoms with E-state index in [-0.39, 0.29) is 22.5 Å². The maximum atomic E-state index is 12.9. The van der Waals surface area contributed by atoms with Crippen molar-refractivity contribution in [2.45, 2.75) is 39.7 Å². The smallest absolute Gasteiger partial charge is 0.385 e. The van der Waals surface area contributed by atoms with E-state index in [1.807, 2.05) is 0 Å². The Morgan fingerprint density at radius 3 is 2.28 bits per heavy atom. The molecule has 0 aliphatic carbocycles. The molecule has 0 saturated carbocycles.